The third-order valence-corrected chi connectivity index (χ3v) is 7.86. The minimum Gasteiger partial charge on any atom is -0.497 e. The average Bonchev–Trinajstić information content (AvgIpc) is 2.95. The molecule has 0 radical (unpaired) electrons. The van der Waals surface area contributed by atoms with Crippen LogP contribution in [0.5, 0.6) is 11.5 Å². The van der Waals surface area contributed by atoms with Crippen LogP contribution in [0.2, 0.25) is 0 Å². The Morgan fingerprint density at radius 3 is 2.08 bits per heavy atom. The molecule has 0 bridgehead atoms. The van der Waals surface area contributed by atoms with Crippen molar-refractivity contribution in [2.45, 2.75) is 38.3 Å². The molecule has 3 aromatic carbocycles. The van der Waals surface area contributed by atoms with E-state index in [9.17, 15) is 18.0 Å². The third-order valence-electron chi connectivity index (χ3n) is 6.08. The lowest BCUT2D eigenvalue weighted by Gasteiger charge is -2.32. The number of anilines is 1. The van der Waals surface area contributed by atoms with Gasteiger partial charge in [0.1, 0.15) is 24.1 Å². The maximum Gasteiger partial charge on any atom is 0.264 e. The number of nitrogens with one attached hydrogen (secondary N) is 1. The summed E-state index contributed by atoms with van der Waals surface area (Å²) in [5.41, 5.74) is 1.06. The third kappa shape index (κ3) is 7.51. The van der Waals surface area contributed by atoms with Crippen LogP contribution in [-0.2, 0) is 26.2 Å². The summed E-state index contributed by atoms with van der Waals surface area (Å²) in [7, 11) is -2.56. The fourth-order valence-corrected chi connectivity index (χ4v) is 5.39. The van der Waals surface area contributed by atoms with Gasteiger partial charge in [-0.2, -0.15) is 0 Å². The SMILES string of the molecule is CCNC(=O)[C@H](C)N(Cc1ccc(OC)cc1)C(=O)CN(c1ccc(OCC)cc1)S(=O)(=O)c1ccccc1. The predicted octanol–water partition coefficient (Wildman–Crippen LogP) is 3.84. The van der Waals surface area contributed by atoms with Crippen LogP contribution in [0, 0.1) is 0 Å². The zero-order chi connectivity index (χ0) is 28.4. The second-order valence-electron chi connectivity index (χ2n) is 8.69. The first-order valence-corrected chi connectivity index (χ1v) is 14.2. The summed E-state index contributed by atoms with van der Waals surface area (Å²) < 4.78 is 39.3. The Morgan fingerprint density at radius 1 is 0.897 bits per heavy atom. The maximum atomic E-state index is 13.8. The molecule has 208 valence electrons. The van der Waals surface area contributed by atoms with E-state index >= 15 is 0 Å². The van der Waals surface area contributed by atoms with Crippen molar-refractivity contribution in [1.82, 2.24) is 10.2 Å². The quantitative estimate of drug-likeness (QED) is 0.345. The van der Waals surface area contributed by atoms with E-state index in [-0.39, 0.29) is 17.3 Å². The number of ether oxygens (including phenoxy) is 2. The second-order valence-corrected chi connectivity index (χ2v) is 10.6. The summed E-state index contributed by atoms with van der Waals surface area (Å²) in [6.07, 6.45) is 0. The molecule has 1 atom stereocenters. The molecule has 2 amide bonds. The Hall–Kier alpha value is -4.05. The molecular weight excluding hydrogens is 518 g/mol. The molecule has 39 heavy (non-hydrogen) atoms. The monoisotopic (exact) mass is 553 g/mol. The number of nitrogens with zero attached hydrogens (tertiary/aromatic N) is 2. The van der Waals surface area contributed by atoms with Crippen molar-refractivity contribution in [2.75, 3.05) is 31.1 Å². The molecule has 3 aromatic rings. The Balaban J connectivity index is 2.00. The lowest BCUT2D eigenvalue weighted by atomic mass is 10.1. The number of rotatable bonds is 13. The van der Waals surface area contributed by atoms with Crippen molar-refractivity contribution in [2.24, 2.45) is 0 Å². The number of benzene rings is 3. The Morgan fingerprint density at radius 2 is 1.51 bits per heavy atom. The van der Waals surface area contributed by atoms with Gasteiger partial charge in [0.2, 0.25) is 11.8 Å². The summed E-state index contributed by atoms with van der Waals surface area (Å²) in [5, 5.41) is 2.75. The summed E-state index contributed by atoms with van der Waals surface area (Å²) in [6, 6.07) is 20.7. The lowest BCUT2D eigenvalue weighted by Crippen LogP contribution is -2.51. The number of likely N-dealkylation sites (N-methyl/N-ethyl adjacent to an activating group) is 1. The summed E-state index contributed by atoms with van der Waals surface area (Å²) in [6.45, 7) is 5.72. The van der Waals surface area contributed by atoms with Crippen molar-refractivity contribution in [3.63, 3.8) is 0 Å². The number of carbonyl (C=O) groups excluding carboxylic acids is 2. The Bertz CT molecular complexity index is 1330. The number of hydrogen-bond donors (Lipinski definition) is 1. The van der Waals surface area contributed by atoms with E-state index in [1.807, 2.05) is 6.92 Å². The number of carbonyl (C=O) groups is 2. The molecule has 0 aliphatic heterocycles. The van der Waals surface area contributed by atoms with Crippen molar-refractivity contribution >= 4 is 27.5 Å². The van der Waals surface area contributed by atoms with Crippen LogP contribution < -0.4 is 19.1 Å². The fourth-order valence-electron chi connectivity index (χ4n) is 3.96. The lowest BCUT2D eigenvalue weighted by molar-refractivity contribution is -0.139. The highest BCUT2D eigenvalue weighted by atomic mass is 32.2. The van der Waals surface area contributed by atoms with E-state index < -0.39 is 28.5 Å². The fraction of sp³-hybridized carbons (Fsp3) is 0.310. The zero-order valence-electron chi connectivity index (χ0n) is 22.7. The molecule has 3 rings (SSSR count). The van der Waals surface area contributed by atoms with E-state index in [1.54, 1.807) is 87.7 Å². The molecule has 0 saturated carbocycles. The van der Waals surface area contributed by atoms with Gasteiger partial charge >= 0.3 is 0 Å². The van der Waals surface area contributed by atoms with E-state index in [2.05, 4.69) is 5.32 Å². The topological polar surface area (TPSA) is 105 Å². The first kappa shape index (κ1) is 29.5. The average molecular weight is 554 g/mol. The van der Waals surface area contributed by atoms with Crippen LogP contribution in [0.4, 0.5) is 5.69 Å². The van der Waals surface area contributed by atoms with Gasteiger partial charge in [-0.25, -0.2) is 8.42 Å². The van der Waals surface area contributed by atoms with Crippen LogP contribution in [0.15, 0.2) is 83.8 Å². The van der Waals surface area contributed by atoms with Crippen molar-refractivity contribution < 1.29 is 27.5 Å². The highest BCUT2D eigenvalue weighted by Crippen LogP contribution is 2.26. The summed E-state index contributed by atoms with van der Waals surface area (Å²) in [4.78, 5) is 28.1. The van der Waals surface area contributed by atoms with E-state index in [4.69, 9.17) is 9.47 Å². The molecule has 0 saturated heterocycles. The minimum atomic E-state index is -4.12. The van der Waals surface area contributed by atoms with Gasteiger partial charge < -0.3 is 19.7 Å². The minimum absolute atomic E-state index is 0.0464. The first-order valence-electron chi connectivity index (χ1n) is 12.7. The zero-order valence-corrected chi connectivity index (χ0v) is 23.5. The molecule has 1 N–H and O–H groups in total. The Labute approximate surface area is 230 Å². The largest absolute Gasteiger partial charge is 0.497 e. The maximum absolute atomic E-state index is 13.8. The molecular formula is C29H35N3O6S. The molecule has 10 heteroatoms. The second kappa shape index (κ2) is 13.7. The van der Waals surface area contributed by atoms with Gasteiger partial charge in [-0.3, -0.25) is 13.9 Å². The molecule has 0 aliphatic carbocycles. The molecule has 0 aromatic heterocycles. The standard InChI is InChI=1S/C29H35N3O6S/c1-5-30-29(34)22(3)31(20-23-12-16-25(37-4)17-13-23)28(33)21-32(24-14-18-26(19-15-24)38-6-2)39(35,36)27-10-8-7-9-11-27/h7-19,22H,5-6,20-21H2,1-4H3,(H,30,34)/t22-/m0/s1. The highest BCUT2D eigenvalue weighted by molar-refractivity contribution is 7.92. The number of amides is 2. The highest BCUT2D eigenvalue weighted by Gasteiger charge is 2.32. The molecule has 0 fully saturated rings. The van der Waals surface area contributed by atoms with E-state index in [0.29, 0.717) is 30.3 Å². The van der Waals surface area contributed by atoms with E-state index in [1.165, 1.54) is 17.0 Å². The van der Waals surface area contributed by atoms with Gasteiger partial charge in [0.05, 0.1) is 24.3 Å². The van der Waals surface area contributed by atoms with Crippen molar-refractivity contribution in [3.05, 3.63) is 84.4 Å². The van der Waals surface area contributed by atoms with Gasteiger partial charge in [-0.1, -0.05) is 30.3 Å². The number of methoxy groups -OCH3 is 1. The summed E-state index contributed by atoms with van der Waals surface area (Å²) in [5.74, 6) is 0.371. The van der Waals surface area contributed by atoms with Crippen LogP contribution >= 0.6 is 0 Å². The van der Waals surface area contributed by atoms with Gasteiger partial charge in [0.25, 0.3) is 10.0 Å². The first-order chi connectivity index (χ1) is 18.7. The normalized spacial score (nSPS) is 11.8. The molecule has 0 heterocycles. The van der Waals surface area contributed by atoms with Crippen molar-refractivity contribution in [1.29, 1.82) is 0 Å². The molecule has 9 nitrogen and oxygen atoms in total. The predicted molar refractivity (Wildman–Crippen MR) is 150 cm³/mol. The molecule has 0 spiro atoms. The Kier molecular flexibility index (Phi) is 10.3. The van der Waals surface area contributed by atoms with Crippen molar-refractivity contribution in [3.8, 4) is 11.5 Å². The van der Waals surface area contributed by atoms with Gasteiger partial charge in [-0.15, -0.1) is 0 Å². The van der Waals surface area contributed by atoms with Gasteiger partial charge in [0.15, 0.2) is 0 Å². The molecule has 0 aliphatic rings. The smallest absolute Gasteiger partial charge is 0.264 e. The van der Waals surface area contributed by atoms with E-state index in [0.717, 1.165) is 9.87 Å². The van der Waals surface area contributed by atoms with Crippen LogP contribution in [0.3, 0.4) is 0 Å². The molecule has 0 unspecified atom stereocenters. The van der Waals surface area contributed by atoms with Crippen LogP contribution in [-0.4, -0.2) is 58.0 Å². The number of sulfonamides is 1. The van der Waals surface area contributed by atoms with Crippen LogP contribution in [0.25, 0.3) is 0 Å². The van der Waals surface area contributed by atoms with Gasteiger partial charge in [0, 0.05) is 13.1 Å². The van der Waals surface area contributed by atoms with Crippen LogP contribution in [0.1, 0.15) is 26.3 Å². The summed E-state index contributed by atoms with van der Waals surface area (Å²) >= 11 is 0. The van der Waals surface area contributed by atoms with Gasteiger partial charge in [-0.05, 0) is 74.9 Å². The number of hydrogen-bond acceptors (Lipinski definition) is 6.